The van der Waals surface area contributed by atoms with Crippen LogP contribution >= 0.6 is 0 Å². The quantitative estimate of drug-likeness (QED) is 0.800. The van der Waals surface area contributed by atoms with Gasteiger partial charge >= 0.3 is 0 Å². The summed E-state index contributed by atoms with van der Waals surface area (Å²) in [5.41, 5.74) is 0. The summed E-state index contributed by atoms with van der Waals surface area (Å²) in [5, 5.41) is 3.65. The Hall–Kier alpha value is -0.570. The molecule has 3 atom stereocenters. The zero-order chi connectivity index (χ0) is 13.8. The maximum Gasteiger partial charge on any atom is 0.241 e. The summed E-state index contributed by atoms with van der Waals surface area (Å²) < 4.78 is 0. The molecule has 3 nitrogen and oxygen atoms in total. The van der Waals surface area contributed by atoms with Crippen molar-refractivity contribution in [2.45, 2.75) is 90.4 Å². The van der Waals surface area contributed by atoms with E-state index >= 15 is 0 Å². The van der Waals surface area contributed by atoms with E-state index in [0.717, 1.165) is 25.7 Å². The lowest BCUT2D eigenvalue weighted by Gasteiger charge is -2.33. The maximum atomic E-state index is 12.6. The number of amides is 1. The number of rotatable bonds is 6. The van der Waals surface area contributed by atoms with Gasteiger partial charge in [0.2, 0.25) is 5.91 Å². The van der Waals surface area contributed by atoms with Crippen LogP contribution in [0.15, 0.2) is 0 Å². The second-order valence-corrected chi connectivity index (χ2v) is 6.38. The number of nitrogens with one attached hydrogen (secondary N) is 1. The van der Waals surface area contributed by atoms with Gasteiger partial charge in [0.1, 0.15) is 0 Å². The van der Waals surface area contributed by atoms with E-state index in [2.05, 4.69) is 31.0 Å². The third-order valence-corrected chi connectivity index (χ3v) is 4.83. The Morgan fingerprint density at radius 2 is 1.95 bits per heavy atom. The highest BCUT2D eigenvalue weighted by molar-refractivity contribution is 5.84. The Bertz CT molecular complexity index is 299. The van der Waals surface area contributed by atoms with Crippen molar-refractivity contribution in [3.8, 4) is 0 Å². The summed E-state index contributed by atoms with van der Waals surface area (Å²) in [6.45, 7) is 6.59. The average Bonchev–Trinajstić information content (AvgIpc) is 2.99. The van der Waals surface area contributed by atoms with Crippen molar-refractivity contribution in [1.82, 2.24) is 10.2 Å². The van der Waals surface area contributed by atoms with E-state index in [4.69, 9.17) is 0 Å². The van der Waals surface area contributed by atoms with Crippen molar-refractivity contribution >= 4 is 5.91 Å². The van der Waals surface area contributed by atoms with Crippen molar-refractivity contribution in [1.29, 1.82) is 0 Å². The van der Waals surface area contributed by atoms with Gasteiger partial charge in [0.25, 0.3) is 0 Å². The van der Waals surface area contributed by atoms with Gasteiger partial charge in [-0.2, -0.15) is 0 Å². The molecule has 2 fully saturated rings. The minimum atomic E-state index is 0.0786. The van der Waals surface area contributed by atoms with E-state index < -0.39 is 0 Å². The summed E-state index contributed by atoms with van der Waals surface area (Å²) in [6, 6.07) is 0.465. The molecule has 1 heterocycles. The lowest BCUT2D eigenvalue weighted by atomic mass is 10.0. The third-order valence-electron chi connectivity index (χ3n) is 4.83. The lowest BCUT2D eigenvalue weighted by Crippen LogP contribution is -2.47. The minimum Gasteiger partial charge on any atom is -0.323 e. The molecule has 1 saturated heterocycles. The average molecular weight is 266 g/mol. The van der Waals surface area contributed by atoms with Gasteiger partial charge in [-0.05, 0) is 38.5 Å². The van der Waals surface area contributed by atoms with Crippen LogP contribution in [-0.2, 0) is 4.79 Å². The van der Waals surface area contributed by atoms with Crippen LogP contribution in [0.4, 0.5) is 0 Å². The third kappa shape index (κ3) is 3.13. The minimum absolute atomic E-state index is 0.0786. The molecule has 0 radical (unpaired) electrons. The van der Waals surface area contributed by atoms with Crippen LogP contribution < -0.4 is 5.32 Å². The van der Waals surface area contributed by atoms with Crippen LogP contribution in [0.25, 0.3) is 0 Å². The first kappa shape index (κ1) is 14.8. The number of hydrogen-bond acceptors (Lipinski definition) is 2. The Morgan fingerprint density at radius 3 is 2.53 bits per heavy atom. The Kier molecular flexibility index (Phi) is 5.26. The molecule has 110 valence electrons. The molecule has 0 bridgehead atoms. The fourth-order valence-corrected chi connectivity index (χ4v) is 3.85. The smallest absolute Gasteiger partial charge is 0.241 e. The molecular weight excluding hydrogens is 236 g/mol. The van der Waals surface area contributed by atoms with Crippen LogP contribution in [0.5, 0.6) is 0 Å². The van der Waals surface area contributed by atoms with Crippen molar-refractivity contribution in [3.05, 3.63) is 0 Å². The van der Waals surface area contributed by atoms with Crippen LogP contribution in [0.1, 0.15) is 72.1 Å². The Balaban J connectivity index is 2.10. The molecular formula is C16H30N2O. The van der Waals surface area contributed by atoms with E-state index in [1.165, 1.54) is 25.7 Å². The first-order chi connectivity index (χ1) is 9.19. The van der Waals surface area contributed by atoms with Gasteiger partial charge in [-0.15, -0.1) is 0 Å². The predicted octanol–water partition coefficient (Wildman–Crippen LogP) is 3.29. The summed E-state index contributed by atoms with van der Waals surface area (Å²) in [5.74, 6) is 1.05. The van der Waals surface area contributed by atoms with E-state index in [1.807, 2.05) is 0 Å². The lowest BCUT2D eigenvalue weighted by molar-refractivity contribution is -0.133. The zero-order valence-electron chi connectivity index (χ0n) is 12.8. The molecule has 1 aliphatic carbocycles. The summed E-state index contributed by atoms with van der Waals surface area (Å²) in [6.07, 6.45) is 9.91. The molecule has 1 aliphatic heterocycles. The van der Waals surface area contributed by atoms with Gasteiger partial charge in [-0.1, -0.05) is 39.5 Å². The van der Waals surface area contributed by atoms with Crippen molar-refractivity contribution in [2.24, 2.45) is 5.92 Å². The van der Waals surface area contributed by atoms with E-state index in [0.29, 0.717) is 24.0 Å². The molecule has 1 saturated carbocycles. The molecule has 3 unspecified atom stereocenters. The molecule has 19 heavy (non-hydrogen) atoms. The van der Waals surface area contributed by atoms with E-state index in [-0.39, 0.29) is 6.04 Å². The Labute approximate surface area is 118 Å². The van der Waals surface area contributed by atoms with Crippen LogP contribution in [0.3, 0.4) is 0 Å². The molecule has 3 heteroatoms. The fourth-order valence-electron chi connectivity index (χ4n) is 3.85. The monoisotopic (exact) mass is 266 g/mol. The van der Waals surface area contributed by atoms with E-state index in [1.54, 1.807) is 0 Å². The first-order valence-corrected chi connectivity index (χ1v) is 8.27. The number of carbonyl (C=O) groups excluding carboxylic acids is 1. The van der Waals surface area contributed by atoms with Crippen molar-refractivity contribution in [3.63, 3.8) is 0 Å². The van der Waals surface area contributed by atoms with Gasteiger partial charge < -0.3 is 4.90 Å². The Morgan fingerprint density at radius 1 is 1.26 bits per heavy atom. The van der Waals surface area contributed by atoms with Crippen LogP contribution in [0.2, 0.25) is 0 Å². The van der Waals surface area contributed by atoms with Gasteiger partial charge in [-0.3, -0.25) is 10.1 Å². The molecule has 0 aromatic rings. The topological polar surface area (TPSA) is 32.3 Å². The largest absolute Gasteiger partial charge is 0.323 e. The standard InChI is InChI=1S/C16H30N2O/c1-4-8-12(3)18-15(13-10-6-7-11-13)17-14(9-5-2)16(18)19/h12-15,17H,4-11H2,1-3H3. The molecule has 1 N–H and O–H groups in total. The first-order valence-electron chi connectivity index (χ1n) is 8.27. The normalized spacial score (nSPS) is 30.3. The SMILES string of the molecule is CCCC1NC(C2CCCC2)N(C(C)CCC)C1=O. The second kappa shape index (κ2) is 6.74. The van der Waals surface area contributed by atoms with Gasteiger partial charge in [0.05, 0.1) is 12.2 Å². The van der Waals surface area contributed by atoms with Gasteiger partial charge in [-0.25, -0.2) is 0 Å². The molecule has 2 rings (SSSR count). The fraction of sp³-hybridized carbons (Fsp3) is 0.938. The zero-order valence-corrected chi connectivity index (χ0v) is 12.8. The summed E-state index contributed by atoms with van der Waals surface area (Å²) in [7, 11) is 0. The van der Waals surface area contributed by atoms with Gasteiger partial charge in [0, 0.05) is 6.04 Å². The molecule has 1 amide bonds. The van der Waals surface area contributed by atoms with Crippen LogP contribution in [-0.4, -0.2) is 29.1 Å². The number of hydrogen-bond donors (Lipinski definition) is 1. The highest BCUT2D eigenvalue weighted by atomic mass is 16.2. The summed E-state index contributed by atoms with van der Waals surface area (Å²) in [4.78, 5) is 14.8. The molecule has 0 aromatic heterocycles. The van der Waals surface area contributed by atoms with Gasteiger partial charge in [0.15, 0.2) is 0 Å². The molecule has 0 spiro atoms. The van der Waals surface area contributed by atoms with Crippen LogP contribution in [0, 0.1) is 5.92 Å². The highest BCUT2D eigenvalue weighted by Gasteiger charge is 2.44. The maximum absolute atomic E-state index is 12.6. The molecule has 0 aromatic carbocycles. The molecule has 2 aliphatic rings. The predicted molar refractivity (Wildman–Crippen MR) is 78.8 cm³/mol. The summed E-state index contributed by atoms with van der Waals surface area (Å²) >= 11 is 0. The number of nitrogens with zero attached hydrogens (tertiary/aromatic N) is 1. The highest BCUT2D eigenvalue weighted by Crippen LogP contribution is 2.34. The van der Waals surface area contributed by atoms with E-state index in [9.17, 15) is 4.79 Å². The van der Waals surface area contributed by atoms with Crippen molar-refractivity contribution < 1.29 is 4.79 Å². The number of carbonyl (C=O) groups is 1. The second-order valence-electron chi connectivity index (χ2n) is 6.38. The van der Waals surface area contributed by atoms with Crippen molar-refractivity contribution in [2.75, 3.05) is 0 Å².